The lowest BCUT2D eigenvalue weighted by Gasteiger charge is -2.33. The quantitative estimate of drug-likeness (QED) is 0.841. The Hall–Kier alpha value is -1.75. The number of carbonyl (C=O) groups excluding carboxylic acids is 1. The standard InChI is InChI=1S/C19H31N3O2/c1-15(14-23)21(2)19(24)20-13-16-9-11-18(12-10-16)22(3)17-7-5-4-6-8-17/h9-12,15,17,23H,4-8,13-14H2,1-3H3,(H,20,24). The summed E-state index contributed by atoms with van der Waals surface area (Å²) in [5.41, 5.74) is 2.32. The van der Waals surface area contributed by atoms with Crippen molar-refractivity contribution >= 4 is 11.7 Å². The smallest absolute Gasteiger partial charge is 0.317 e. The number of nitrogens with one attached hydrogen (secondary N) is 1. The number of rotatable bonds is 6. The molecule has 1 aliphatic carbocycles. The molecule has 0 bridgehead atoms. The minimum atomic E-state index is -0.184. The molecule has 2 amide bonds. The summed E-state index contributed by atoms with van der Waals surface area (Å²) in [7, 11) is 3.87. The van der Waals surface area contributed by atoms with Crippen LogP contribution in [0, 0.1) is 0 Å². The highest BCUT2D eigenvalue weighted by Crippen LogP contribution is 2.26. The molecular formula is C19H31N3O2. The van der Waals surface area contributed by atoms with Gasteiger partial charge < -0.3 is 20.2 Å². The fraction of sp³-hybridized carbons (Fsp3) is 0.632. The first-order valence-electron chi connectivity index (χ1n) is 8.96. The topological polar surface area (TPSA) is 55.8 Å². The number of hydrogen-bond acceptors (Lipinski definition) is 3. The molecule has 1 saturated carbocycles. The molecule has 0 aliphatic heterocycles. The Morgan fingerprint density at radius 3 is 2.42 bits per heavy atom. The normalized spacial score (nSPS) is 16.5. The first-order chi connectivity index (χ1) is 11.5. The van der Waals surface area contributed by atoms with Crippen LogP contribution in [0.3, 0.4) is 0 Å². The van der Waals surface area contributed by atoms with Crippen LogP contribution in [0.5, 0.6) is 0 Å². The third-order valence-electron chi connectivity index (χ3n) is 5.16. The highest BCUT2D eigenvalue weighted by molar-refractivity contribution is 5.74. The highest BCUT2D eigenvalue weighted by atomic mass is 16.3. The molecule has 0 saturated heterocycles. The summed E-state index contributed by atoms with van der Waals surface area (Å²) in [5.74, 6) is 0. The number of benzene rings is 1. The van der Waals surface area contributed by atoms with Gasteiger partial charge in [0.15, 0.2) is 0 Å². The zero-order chi connectivity index (χ0) is 17.5. The van der Waals surface area contributed by atoms with Crippen molar-refractivity contribution in [1.29, 1.82) is 0 Å². The van der Waals surface area contributed by atoms with E-state index in [-0.39, 0.29) is 18.7 Å². The summed E-state index contributed by atoms with van der Waals surface area (Å²) >= 11 is 0. The van der Waals surface area contributed by atoms with Crippen LogP contribution in [0.1, 0.15) is 44.6 Å². The fourth-order valence-corrected chi connectivity index (χ4v) is 3.15. The van der Waals surface area contributed by atoms with E-state index in [0.29, 0.717) is 12.6 Å². The van der Waals surface area contributed by atoms with Crippen LogP contribution in [-0.2, 0) is 6.54 Å². The number of likely N-dealkylation sites (N-methyl/N-ethyl adjacent to an activating group) is 1. The number of nitrogens with zero attached hydrogens (tertiary/aromatic N) is 2. The van der Waals surface area contributed by atoms with Crippen molar-refractivity contribution in [3.05, 3.63) is 29.8 Å². The minimum Gasteiger partial charge on any atom is -0.394 e. The van der Waals surface area contributed by atoms with E-state index >= 15 is 0 Å². The van der Waals surface area contributed by atoms with E-state index in [0.717, 1.165) is 5.56 Å². The van der Waals surface area contributed by atoms with Crippen molar-refractivity contribution in [2.45, 2.75) is 57.7 Å². The van der Waals surface area contributed by atoms with Crippen molar-refractivity contribution in [1.82, 2.24) is 10.2 Å². The van der Waals surface area contributed by atoms with Crippen LogP contribution in [-0.4, -0.2) is 48.8 Å². The lowest BCUT2D eigenvalue weighted by molar-refractivity contribution is 0.157. The Morgan fingerprint density at radius 2 is 1.83 bits per heavy atom. The van der Waals surface area contributed by atoms with Gasteiger partial charge in [0, 0.05) is 32.4 Å². The van der Waals surface area contributed by atoms with E-state index in [2.05, 4.69) is 41.5 Å². The first kappa shape index (κ1) is 18.6. The summed E-state index contributed by atoms with van der Waals surface area (Å²) in [4.78, 5) is 15.9. The number of amides is 2. The SMILES string of the molecule is CC(CO)N(C)C(=O)NCc1ccc(N(C)C2CCCCC2)cc1. The highest BCUT2D eigenvalue weighted by Gasteiger charge is 2.18. The summed E-state index contributed by atoms with van der Waals surface area (Å²) in [6.07, 6.45) is 6.59. The Labute approximate surface area is 145 Å². The summed E-state index contributed by atoms with van der Waals surface area (Å²) < 4.78 is 0. The monoisotopic (exact) mass is 333 g/mol. The van der Waals surface area contributed by atoms with Gasteiger partial charge in [-0.2, -0.15) is 0 Å². The van der Waals surface area contributed by atoms with Crippen LogP contribution >= 0.6 is 0 Å². The van der Waals surface area contributed by atoms with Crippen LogP contribution in [0.15, 0.2) is 24.3 Å². The Balaban J connectivity index is 1.86. The Morgan fingerprint density at radius 1 is 1.21 bits per heavy atom. The molecule has 0 aromatic heterocycles. The molecule has 134 valence electrons. The number of aliphatic hydroxyl groups is 1. The molecule has 24 heavy (non-hydrogen) atoms. The van der Waals surface area contributed by atoms with Gasteiger partial charge in [0.05, 0.1) is 12.6 Å². The fourth-order valence-electron chi connectivity index (χ4n) is 3.15. The first-order valence-corrected chi connectivity index (χ1v) is 8.96. The molecule has 2 rings (SSSR count). The van der Waals surface area contributed by atoms with Crippen LogP contribution in [0.2, 0.25) is 0 Å². The second-order valence-corrected chi connectivity index (χ2v) is 6.87. The lowest BCUT2D eigenvalue weighted by atomic mass is 9.94. The van der Waals surface area contributed by atoms with E-state index in [1.807, 2.05) is 6.92 Å². The molecule has 1 aromatic carbocycles. The predicted octanol–water partition coefficient (Wildman–Crippen LogP) is 2.98. The predicted molar refractivity (Wildman–Crippen MR) is 98.3 cm³/mol. The van der Waals surface area contributed by atoms with Gasteiger partial charge in [-0.05, 0) is 37.5 Å². The van der Waals surface area contributed by atoms with E-state index in [9.17, 15) is 4.79 Å². The largest absolute Gasteiger partial charge is 0.394 e. The third-order valence-corrected chi connectivity index (χ3v) is 5.16. The molecule has 1 fully saturated rings. The summed E-state index contributed by atoms with van der Waals surface area (Å²) in [5, 5.41) is 12.0. The molecule has 5 nitrogen and oxygen atoms in total. The average molecular weight is 333 g/mol. The van der Waals surface area contributed by atoms with Crippen molar-refractivity contribution in [3.8, 4) is 0 Å². The van der Waals surface area contributed by atoms with Gasteiger partial charge in [-0.25, -0.2) is 4.79 Å². The molecule has 1 atom stereocenters. The van der Waals surface area contributed by atoms with Gasteiger partial charge in [0.1, 0.15) is 0 Å². The van der Waals surface area contributed by atoms with Crippen LogP contribution < -0.4 is 10.2 Å². The molecule has 5 heteroatoms. The number of urea groups is 1. The maximum atomic E-state index is 12.0. The van der Waals surface area contributed by atoms with Crippen LogP contribution in [0.25, 0.3) is 0 Å². The maximum absolute atomic E-state index is 12.0. The van der Waals surface area contributed by atoms with E-state index in [4.69, 9.17) is 5.11 Å². The minimum absolute atomic E-state index is 0.0356. The Kier molecular flexibility index (Phi) is 6.91. The molecule has 2 N–H and O–H groups in total. The molecular weight excluding hydrogens is 302 g/mol. The van der Waals surface area contributed by atoms with Crippen LogP contribution in [0.4, 0.5) is 10.5 Å². The van der Waals surface area contributed by atoms with E-state index < -0.39 is 0 Å². The molecule has 1 unspecified atom stereocenters. The number of aliphatic hydroxyl groups excluding tert-OH is 1. The van der Waals surface area contributed by atoms with Gasteiger partial charge in [-0.3, -0.25) is 0 Å². The summed E-state index contributed by atoms with van der Waals surface area (Å²) in [6.45, 7) is 2.27. The van der Waals surface area contributed by atoms with Gasteiger partial charge in [-0.15, -0.1) is 0 Å². The molecule has 0 radical (unpaired) electrons. The second-order valence-electron chi connectivity index (χ2n) is 6.87. The van der Waals surface area contributed by atoms with E-state index in [1.54, 1.807) is 7.05 Å². The summed E-state index contributed by atoms with van der Waals surface area (Å²) in [6, 6.07) is 8.72. The van der Waals surface area contributed by atoms with Gasteiger partial charge in [-0.1, -0.05) is 31.4 Å². The molecule has 1 aromatic rings. The number of carbonyl (C=O) groups is 1. The van der Waals surface area contributed by atoms with Gasteiger partial charge in [0.25, 0.3) is 0 Å². The molecule has 0 heterocycles. The third kappa shape index (κ3) is 4.87. The second kappa shape index (κ2) is 8.92. The zero-order valence-corrected chi connectivity index (χ0v) is 15.2. The number of hydrogen-bond donors (Lipinski definition) is 2. The lowest BCUT2D eigenvalue weighted by Crippen LogP contribution is -2.43. The van der Waals surface area contributed by atoms with Crippen molar-refractivity contribution < 1.29 is 9.90 Å². The molecule has 1 aliphatic rings. The van der Waals surface area contributed by atoms with Crippen molar-refractivity contribution in [2.75, 3.05) is 25.6 Å². The zero-order valence-electron chi connectivity index (χ0n) is 15.2. The van der Waals surface area contributed by atoms with E-state index in [1.165, 1.54) is 42.7 Å². The number of anilines is 1. The maximum Gasteiger partial charge on any atom is 0.317 e. The van der Waals surface area contributed by atoms with Gasteiger partial charge >= 0.3 is 6.03 Å². The van der Waals surface area contributed by atoms with Crippen molar-refractivity contribution in [2.24, 2.45) is 0 Å². The van der Waals surface area contributed by atoms with Gasteiger partial charge in [0.2, 0.25) is 0 Å². The average Bonchev–Trinajstić information content (AvgIpc) is 2.65. The Bertz CT molecular complexity index is 512. The van der Waals surface area contributed by atoms with Crippen molar-refractivity contribution in [3.63, 3.8) is 0 Å². The molecule has 0 spiro atoms.